The zero-order valence-electron chi connectivity index (χ0n) is 10.4. The number of carboxylic acid groups (broad SMARTS) is 1. The minimum atomic E-state index is -1.17. The highest BCUT2D eigenvalue weighted by molar-refractivity contribution is 9.10. The maximum Gasteiger partial charge on any atom is 0.336 e. The van der Waals surface area contributed by atoms with Crippen molar-refractivity contribution in [3.8, 4) is 0 Å². The molecular weight excluding hydrogens is 331 g/mol. The molecule has 2 rings (SSSR count). The predicted molar refractivity (Wildman–Crippen MR) is 74.2 cm³/mol. The smallest absolute Gasteiger partial charge is 0.336 e. The molecule has 0 radical (unpaired) electrons. The maximum absolute atomic E-state index is 13.9. The lowest BCUT2D eigenvalue weighted by molar-refractivity contribution is 0.0695. The van der Waals surface area contributed by atoms with Gasteiger partial charge in [-0.1, -0.05) is 5.21 Å². The van der Waals surface area contributed by atoms with E-state index in [2.05, 4.69) is 31.6 Å². The first-order valence-electron chi connectivity index (χ1n) is 5.89. The van der Waals surface area contributed by atoms with Crippen LogP contribution in [-0.4, -0.2) is 32.6 Å². The van der Waals surface area contributed by atoms with Crippen LogP contribution < -0.4 is 5.32 Å². The lowest BCUT2D eigenvalue weighted by Crippen LogP contribution is -2.09. The summed E-state index contributed by atoms with van der Waals surface area (Å²) in [6.45, 7) is 1.21. The van der Waals surface area contributed by atoms with Gasteiger partial charge in [-0.2, -0.15) is 0 Å². The number of nitrogens with one attached hydrogen (secondary N) is 1. The SMILES string of the molecule is O=C(O)c1ccc(NCCCn2ccnn2)c(F)c1Br. The van der Waals surface area contributed by atoms with Crippen LogP contribution in [-0.2, 0) is 6.54 Å². The van der Waals surface area contributed by atoms with Gasteiger partial charge in [-0.15, -0.1) is 5.10 Å². The van der Waals surface area contributed by atoms with Crippen LogP contribution in [0, 0.1) is 5.82 Å². The topological polar surface area (TPSA) is 80.0 Å². The fourth-order valence-electron chi connectivity index (χ4n) is 1.67. The van der Waals surface area contributed by atoms with E-state index in [1.807, 2.05) is 0 Å². The molecule has 0 aliphatic heterocycles. The summed E-state index contributed by atoms with van der Waals surface area (Å²) < 4.78 is 15.6. The van der Waals surface area contributed by atoms with Gasteiger partial charge in [0.15, 0.2) is 5.82 Å². The molecule has 8 heteroatoms. The number of benzene rings is 1. The first-order chi connectivity index (χ1) is 9.59. The molecule has 1 aromatic heterocycles. The normalized spacial score (nSPS) is 10.5. The largest absolute Gasteiger partial charge is 0.478 e. The minimum Gasteiger partial charge on any atom is -0.478 e. The standard InChI is InChI=1S/C12H12BrFN4O2/c13-10-8(12(19)20)2-3-9(11(10)14)15-4-1-6-18-7-5-16-17-18/h2-3,5,7,15H,1,4,6H2,(H,19,20). The highest BCUT2D eigenvalue weighted by Gasteiger charge is 2.15. The van der Waals surface area contributed by atoms with Crippen molar-refractivity contribution in [2.24, 2.45) is 0 Å². The van der Waals surface area contributed by atoms with Crippen molar-refractivity contribution in [3.05, 3.63) is 40.4 Å². The maximum atomic E-state index is 13.9. The molecule has 20 heavy (non-hydrogen) atoms. The lowest BCUT2D eigenvalue weighted by atomic mass is 10.2. The number of rotatable bonds is 6. The van der Waals surface area contributed by atoms with Crippen LogP contribution in [0.3, 0.4) is 0 Å². The van der Waals surface area contributed by atoms with Gasteiger partial charge in [0.2, 0.25) is 0 Å². The zero-order valence-corrected chi connectivity index (χ0v) is 12.0. The van der Waals surface area contributed by atoms with Crippen LogP contribution in [0.15, 0.2) is 29.0 Å². The van der Waals surface area contributed by atoms with Gasteiger partial charge in [0, 0.05) is 19.3 Å². The fourth-order valence-corrected chi connectivity index (χ4v) is 2.18. The average Bonchev–Trinajstić information content (AvgIpc) is 2.92. The van der Waals surface area contributed by atoms with E-state index in [9.17, 15) is 9.18 Å². The monoisotopic (exact) mass is 342 g/mol. The van der Waals surface area contributed by atoms with Crippen LogP contribution in [0.1, 0.15) is 16.8 Å². The van der Waals surface area contributed by atoms with Crippen molar-refractivity contribution in [3.63, 3.8) is 0 Å². The summed E-state index contributed by atoms with van der Waals surface area (Å²) in [5, 5.41) is 19.3. The molecule has 106 valence electrons. The number of aromatic nitrogens is 3. The van der Waals surface area contributed by atoms with E-state index in [4.69, 9.17) is 5.11 Å². The third-order valence-corrected chi connectivity index (χ3v) is 3.44. The highest BCUT2D eigenvalue weighted by Crippen LogP contribution is 2.27. The molecule has 0 saturated carbocycles. The second-order valence-corrected chi connectivity index (χ2v) is 4.83. The van der Waals surface area contributed by atoms with Gasteiger partial charge in [0.05, 0.1) is 21.9 Å². The van der Waals surface area contributed by atoms with E-state index in [1.54, 1.807) is 17.1 Å². The summed E-state index contributed by atoms with van der Waals surface area (Å²) in [7, 11) is 0. The van der Waals surface area contributed by atoms with Crippen LogP contribution >= 0.6 is 15.9 Å². The van der Waals surface area contributed by atoms with Crippen LogP contribution in [0.5, 0.6) is 0 Å². The Labute approximate surface area is 122 Å². The molecule has 0 unspecified atom stereocenters. The Morgan fingerprint density at radius 1 is 1.50 bits per heavy atom. The molecule has 2 N–H and O–H groups in total. The number of carboxylic acids is 1. The van der Waals surface area contributed by atoms with Crippen LogP contribution in [0.4, 0.5) is 10.1 Å². The number of hydrogen-bond donors (Lipinski definition) is 2. The summed E-state index contributed by atoms with van der Waals surface area (Å²) >= 11 is 2.95. The minimum absolute atomic E-state index is 0.0497. The van der Waals surface area contributed by atoms with Crippen molar-refractivity contribution < 1.29 is 14.3 Å². The number of carbonyl (C=O) groups is 1. The van der Waals surface area contributed by atoms with E-state index < -0.39 is 11.8 Å². The number of aryl methyl sites for hydroxylation is 1. The molecule has 0 spiro atoms. The lowest BCUT2D eigenvalue weighted by Gasteiger charge is -2.10. The summed E-state index contributed by atoms with van der Waals surface area (Å²) in [5.74, 6) is -1.78. The predicted octanol–water partition coefficient (Wildman–Crippen LogP) is 2.38. The van der Waals surface area contributed by atoms with Crippen molar-refractivity contribution in [1.82, 2.24) is 15.0 Å². The summed E-state index contributed by atoms with van der Waals surface area (Å²) in [4.78, 5) is 10.8. The second-order valence-electron chi connectivity index (χ2n) is 4.04. The molecular formula is C12H12BrFN4O2. The van der Waals surface area contributed by atoms with Gasteiger partial charge in [-0.25, -0.2) is 9.18 Å². The Bertz CT molecular complexity index is 604. The Hall–Kier alpha value is -1.96. The first kappa shape index (κ1) is 14.4. The van der Waals surface area contributed by atoms with Gasteiger partial charge < -0.3 is 10.4 Å². The van der Waals surface area contributed by atoms with Crippen molar-refractivity contribution in [2.75, 3.05) is 11.9 Å². The van der Waals surface area contributed by atoms with E-state index in [1.165, 1.54) is 12.1 Å². The van der Waals surface area contributed by atoms with Crippen LogP contribution in [0.2, 0.25) is 0 Å². The number of nitrogens with zero attached hydrogens (tertiary/aromatic N) is 3. The zero-order chi connectivity index (χ0) is 14.5. The third-order valence-electron chi connectivity index (χ3n) is 2.66. The van der Waals surface area contributed by atoms with E-state index in [0.29, 0.717) is 13.1 Å². The van der Waals surface area contributed by atoms with Gasteiger partial charge in [-0.05, 0) is 34.5 Å². The molecule has 0 bridgehead atoms. The van der Waals surface area contributed by atoms with Crippen LogP contribution in [0.25, 0.3) is 0 Å². The van der Waals surface area contributed by atoms with Crippen molar-refractivity contribution in [1.29, 1.82) is 0 Å². The van der Waals surface area contributed by atoms with Gasteiger partial charge in [-0.3, -0.25) is 4.68 Å². The molecule has 1 aromatic carbocycles. The molecule has 0 aliphatic carbocycles. The van der Waals surface area contributed by atoms with Crippen molar-refractivity contribution >= 4 is 27.6 Å². The number of anilines is 1. The number of aromatic carboxylic acids is 1. The molecule has 0 amide bonds. The molecule has 1 heterocycles. The molecule has 0 fully saturated rings. The Morgan fingerprint density at radius 3 is 2.95 bits per heavy atom. The Balaban J connectivity index is 1.93. The molecule has 0 saturated heterocycles. The van der Waals surface area contributed by atoms with E-state index >= 15 is 0 Å². The van der Waals surface area contributed by atoms with Gasteiger partial charge >= 0.3 is 5.97 Å². The highest BCUT2D eigenvalue weighted by atomic mass is 79.9. The average molecular weight is 343 g/mol. The Kier molecular flexibility index (Phi) is 4.67. The molecule has 2 aromatic rings. The number of halogens is 2. The van der Waals surface area contributed by atoms with E-state index in [0.717, 1.165) is 6.42 Å². The van der Waals surface area contributed by atoms with Gasteiger partial charge in [0.1, 0.15) is 0 Å². The molecule has 0 aliphatic rings. The second kappa shape index (κ2) is 6.47. The summed E-state index contributed by atoms with van der Waals surface area (Å²) in [6.07, 6.45) is 4.08. The summed E-state index contributed by atoms with van der Waals surface area (Å²) in [5.41, 5.74) is 0.163. The van der Waals surface area contributed by atoms with Crippen molar-refractivity contribution in [2.45, 2.75) is 13.0 Å². The molecule has 0 atom stereocenters. The Morgan fingerprint density at radius 2 is 2.30 bits per heavy atom. The fraction of sp³-hybridized carbons (Fsp3) is 0.250. The van der Waals surface area contributed by atoms with E-state index in [-0.39, 0.29) is 15.7 Å². The number of hydrogen-bond acceptors (Lipinski definition) is 4. The summed E-state index contributed by atoms with van der Waals surface area (Å²) in [6, 6.07) is 2.77. The quantitative estimate of drug-likeness (QED) is 0.788. The first-order valence-corrected chi connectivity index (χ1v) is 6.68. The molecule has 6 nitrogen and oxygen atoms in total. The third kappa shape index (κ3) is 3.32. The van der Waals surface area contributed by atoms with Gasteiger partial charge in [0.25, 0.3) is 0 Å².